The molecule has 0 aromatic carbocycles. The topological polar surface area (TPSA) is 57.9 Å². The maximum absolute atomic E-state index is 8.90. The summed E-state index contributed by atoms with van der Waals surface area (Å²) in [4.78, 5) is 4.28. The van der Waals surface area contributed by atoms with E-state index < -0.39 is 0 Å². The second-order valence-electron chi connectivity index (χ2n) is 5.11. The van der Waals surface area contributed by atoms with E-state index in [4.69, 9.17) is 10.00 Å². The molecule has 1 aromatic rings. The van der Waals surface area contributed by atoms with Gasteiger partial charge < -0.3 is 10.1 Å². The van der Waals surface area contributed by atoms with E-state index in [0.29, 0.717) is 11.6 Å². The summed E-state index contributed by atoms with van der Waals surface area (Å²) in [6, 6.07) is 6.03. The van der Waals surface area contributed by atoms with Crippen LogP contribution < -0.4 is 5.32 Å². The molecule has 1 aliphatic rings. The van der Waals surface area contributed by atoms with Crippen molar-refractivity contribution in [3.8, 4) is 6.07 Å². The van der Waals surface area contributed by atoms with E-state index in [1.54, 1.807) is 18.3 Å². The Morgan fingerprint density at radius 3 is 3.00 bits per heavy atom. The molecule has 0 bridgehead atoms. The van der Waals surface area contributed by atoms with E-state index >= 15 is 0 Å². The number of rotatable bonds is 4. The number of nitrogens with one attached hydrogen (secondary N) is 1. The lowest BCUT2D eigenvalue weighted by Gasteiger charge is -2.40. The summed E-state index contributed by atoms with van der Waals surface area (Å²) in [6.45, 7) is 5.15. The molecule has 1 saturated heterocycles. The highest BCUT2D eigenvalue weighted by molar-refractivity contribution is 5.43. The van der Waals surface area contributed by atoms with Gasteiger partial charge in [-0.25, -0.2) is 4.98 Å². The Labute approximate surface area is 114 Å². The van der Waals surface area contributed by atoms with Crippen LogP contribution in [0.3, 0.4) is 0 Å². The third-order valence-corrected chi connectivity index (χ3v) is 4.02. The predicted molar refractivity (Wildman–Crippen MR) is 74.9 cm³/mol. The Hall–Kier alpha value is -1.60. The Bertz CT molecular complexity index is 463. The first kappa shape index (κ1) is 13.8. The summed E-state index contributed by atoms with van der Waals surface area (Å²) in [5.74, 6) is 0.784. The molecule has 0 saturated carbocycles. The van der Waals surface area contributed by atoms with Gasteiger partial charge in [-0.05, 0) is 37.8 Å². The van der Waals surface area contributed by atoms with Crippen LogP contribution in [0.2, 0.25) is 0 Å². The number of pyridine rings is 1. The van der Waals surface area contributed by atoms with Crippen LogP contribution in [0, 0.1) is 11.3 Å². The van der Waals surface area contributed by atoms with Crippen molar-refractivity contribution in [3.05, 3.63) is 23.9 Å². The highest BCUT2D eigenvalue weighted by atomic mass is 16.5. The molecular formula is C15H21N3O. The van der Waals surface area contributed by atoms with E-state index in [9.17, 15) is 0 Å². The van der Waals surface area contributed by atoms with Crippen molar-refractivity contribution < 1.29 is 4.74 Å². The second kappa shape index (κ2) is 6.03. The SMILES string of the molecule is CCC1(CC)CC(Nc2cc(C#N)ccn2)CCO1. The predicted octanol–water partition coefficient (Wildman–Crippen LogP) is 3.10. The van der Waals surface area contributed by atoms with E-state index in [0.717, 1.165) is 38.1 Å². The van der Waals surface area contributed by atoms with Gasteiger partial charge in [-0.1, -0.05) is 13.8 Å². The molecule has 102 valence electrons. The standard InChI is InChI=1S/C15H21N3O/c1-3-15(4-2)10-13(6-8-19-15)18-14-9-12(11-16)5-7-17-14/h5,7,9,13H,3-4,6,8,10H2,1-2H3,(H,17,18). The summed E-state index contributed by atoms with van der Waals surface area (Å²) >= 11 is 0. The van der Waals surface area contributed by atoms with E-state index in [1.807, 2.05) is 0 Å². The van der Waals surface area contributed by atoms with Crippen molar-refractivity contribution in [1.82, 2.24) is 4.98 Å². The normalized spacial score (nSPS) is 21.6. The number of anilines is 1. The van der Waals surface area contributed by atoms with Gasteiger partial charge in [0.05, 0.1) is 17.2 Å². The first-order valence-corrected chi connectivity index (χ1v) is 6.98. The lowest BCUT2D eigenvalue weighted by Crippen LogP contribution is -2.43. The van der Waals surface area contributed by atoms with Crippen LogP contribution >= 0.6 is 0 Å². The maximum atomic E-state index is 8.90. The van der Waals surface area contributed by atoms with Gasteiger partial charge in [0.15, 0.2) is 0 Å². The zero-order chi connectivity index (χ0) is 13.7. The molecule has 1 aliphatic heterocycles. The molecule has 4 heteroatoms. The van der Waals surface area contributed by atoms with Crippen LogP contribution in [0.5, 0.6) is 0 Å². The van der Waals surface area contributed by atoms with Crippen LogP contribution in [0.1, 0.15) is 45.1 Å². The Morgan fingerprint density at radius 2 is 2.32 bits per heavy atom. The molecule has 1 aromatic heterocycles. The third-order valence-electron chi connectivity index (χ3n) is 4.02. The van der Waals surface area contributed by atoms with Crippen LogP contribution in [-0.4, -0.2) is 23.2 Å². The quantitative estimate of drug-likeness (QED) is 0.902. The van der Waals surface area contributed by atoms with Crippen LogP contribution in [0.4, 0.5) is 5.82 Å². The molecule has 0 radical (unpaired) electrons. The third kappa shape index (κ3) is 3.24. The lowest BCUT2D eigenvalue weighted by atomic mass is 9.86. The molecule has 19 heavy (non-hydrogen) atoms. The average molecular weight is 259 g/mol. The fraction of sp³-hybridized carbons (Fsp3) is 0.600. The minimum atomic E-state index is 0.00273. The van der Waals surface area contributed by atoms with E-state index in [2.05, 4.69) is 30.2 Å². The molecule has 4 nitrogen and oxygen atoms in total. The Balaban J connectivity index is 2.04. The summed E-state index contributed by atoms with van der Waals surface area (Å²) in [6.07, 6.45) is 5.73. The Morgan fingerprint density at radius 1 is 1.53 bits per heavy atom. The molecule has 1 atom stereocenters. The van der Waals surface area contributed by atoms with Gasteiger partial charge in [0.2, 0.25) is 0 Å². The molecular weight excluding hydrogens is 238 g/mol. The molecule has 0 amide bonds. The van der Waals surface area contributed by atoms with Crippen molar-refractivity contribution >= 4 is 5.82 Å². The maximum Gasteiger partial charge on any atom is 0.127 e. The van der Waals surface area contributed by atoms with Gasteiger partial charge >= 0.3 is 0 Å². The molecule has 0 spiro atoms. The number of hydrogen-bond acceptors (Lipinski definition) is 4. The molecule has 1 N–H and O–H groups in total. The monoisotopic (exact) mass is 259 g/mol. The van der Waals surface area contributed by atoms with Crippen LogP contribution in [-0.2, 0) is 4.74 Å². The highest BCUT2D eigenvalue weighted by Gasteiger charge is 2.34. The highest BCUT2D eigenvalue weighted by Crippen LogP contribution is 2.32. The van der Waals surface area contributed by atoms with Crippen LogP contribution in [0.15, 0.2) is 18.3 Å². The van der Waals surface area contributed by atoms with E-state index in [-0.39, 0.29) is 5.60 Å². The summed E-state index contributed by atoms with van der Waals surface area (Å²) < 4.78 is 5.96. The van der Waals surface area contributed by atoms with Crippen molar-refractivity contribution in [2.75, 3.05) is 11.9 Å². The smallest absolute Gasteiger partial charge is 0.127 e. The zero-order valence-corrected chi connectivity index (χ0v) is 11.6. The fourth-order valence-corrected chi connectivity index (χ4v) is 2.68. The van der Waals surface area contributed by atoms with Gasteiger partial charge in [-0.3, -0.25) is 0 Å². The zero-order valence-electron chi connectivity index (χ0n) is 11.6. The molecule has 1 unspecified atom stereocenters. The summed E-state index contributed by atoms with van der Waals surface area (Å²) in [7, 11) is 0. The molecule has 2 heterocycles. The van der Waals surface area contributed by atoms with Gasteiger partial charge in [-0.2, -0.15) is 5.26 Å². The van der Waals surface area contributed by atoms with Gasteiger partial charge in [0.1, 0.15) is 5.82 Å². The van der Waals surface area contributed by atoms with Crippen molar-refractivity contribution in [3.63, 3.8) is 0 Å². The van der Waals surface area contributed by atoms with E-state index in [1.165, 1.54) is 0 Å². The summed E-state index contributed by atoms with van der Waals surface area (Å²) in [5, 5.41) is 12.3. The van der Waals surface area contributed by atoms with Crippen molar-refractivity contribution in [2.45, 2.75) is 51.2 Å². The number of nitrogens with zero attached hydrogens (tertiary/aromatic N) is 2. The molecule has 2 rings (SSSR count). The van der Waals surface area contributed by atoms with Gasteiger partial charge in [-0.15, -0.1) is 0 Å². The summed E-state index contributed by atoms with van der Waals surface area (Å²) in [5.41, 5.74) is 0.643. The minimum absolute atomic E-state index is 0.00273. The number of nitriles is 1. The minimum Gasteiger partial charge on any atom is -0.375 e. The number of aromatic nitrogens is 1. The Kier molecular flexibility index (Phi) is 4.39. The fourth-order valence-electron chi connectivity index (χ4n) is 2.68. The second-order valence-corrected chi connectivity index (χ2v) is 5.11. The average Bonchev–Trinajstić information content (AvgIpc) is 2.47. The molecule has 0 aliphatic carbocycles. The lowest BCUT2D eigenvalue weighted by molar-refractivity contribution is -0.0864. The number of hydrogen-bond donors (Lipinski definition) is 1. The first-order chi connectivity index (χ1) is 9.21. The van der Waals surface area contributed by atoms with Crippen molar-refractivity contribution in [1.29, 1.82) is 5.26 Å². The first-order valence-electron chi connectivity index (χ1n) is 6.98. The molecule has 1 fully saturated rings. The van der Waals surface area contributed by atoms with Crippen LogP contribution in [0.25, 0.3) is 0 Å². The van der Waals surface area contributed by atoms with Crippen molar-refractivity contribution in [2.24, 2.45) is 0 Å². The van der Waals surface area contributed by atoms with Gasteiger partial charge in [0.25, 0.3) is 0 Å². The number of ether oxygens (including phenoxy) is 1. The largest absolute Gasteiger partial charge is 0.375 e. The van der Waals surface area contributed by atoms with Gasteiger partial charge in [0, 0.05) is 18.8 Å².